The molecule has 0 aliphatic heterocycles. The Morgan fingerprint density at radius 1 is 1.25 bits per heavy atom. The minimum atomic E-state index is 0.0581. The van der Waals surface area contributed by atoms with Gasteiger partial charge in [-0.25, -0.2) is 9.97 Å². The van der Waals surface area contributed by atoms with Gasteiger partial charge >= 0.3 is 0 Å². The van der Waals surface area contributed by atoms with Crippen molar-refractivity contribution in [1.29, 1.82) is 0 Å². The fraction of sp³-hybridized carbons (Fsp3) is 0.750. The van der Waals surface area contributed by atoms with Gasteiger partial charge in [-0.1, -0.05) is 27.7 Å². The summed E-state index contributed by atoms with van der Waals surface area (Å²) in [5.41, 5.74) is 1.24. The number of rotatable bonds is 3. The highest BCUT2D eigenvalue weighted by atomic mass is 127. The zero-order valence-electron chi connectivity index (χ0n) is 13.3. The van der Waals surface area contributed by atoms with Gasteiger partial charge in [-0.2, -0.15) is 0 Å². The first-order valence-corrected chi connectivity index (χ1v) is 8.72. The van der Waals surface area contributed by atoms with E-state index in [4.69, 9.17) is 9.97 Å². The minimum absolute atomic E-state index is 0.0581. The lowest BCUT2D eigenvalue weighted by Crippen LogP contribution is -2.20. The molecule has 1 N–H and O–H groups in total. The minimum Gasteiger partial charge on any atom is -0.369 e. The van der Waals surface area contributed by atoms with E-state index in [1.807, 2.05) is 0 Å². The van der Waals surface area contributed by atoms with Crippen molar-refractivity contribution in [2.45, 2.75) is 65.2 Å². The van der Waals surface area contributed by atoms with E-state index in [9.17, 15) is 0 Å². The van der Waals surface area contributed by atoms with E-state index in [1.54, 1.807) is 0 Å². The van der Waals surface area contributed by atoms with E-state index in [0.29, 0.717) is 5.92 Å². The predicted molar refractivity (Wildman–Crippen MR) is 93.4 cm³/mol. The van der Waals surface area contributed by atoms with E-state index < -0.39 is 0 Å². The quantitative estimate of drug-likeness (QED) is 0.763. The van der Waals surface area contributed by atoms with E-state index in [1.165, 1.54) is 28.5 Å². The molecule has 112 valence electrons. The van der Waals surface area contributed by atoms with Gasteiger partial charge in [-0.05, 0) is 54.7 Å². The van der Waals surface area contributed by atoms with Gasteiger partial charge in [0.1, 0.15) is 11.6 Å². The third kappa shape index (κ3) is 3.43. The monoisotopic (exact) mass is 387 g/mol. The molecule has 1 aromatic heterocycles. The van der Waals surface area contributed by atoms with Gasteiger partial charge in [0.05, 0.1) is 9.26 Å². The summed E-state index contributed by atoms with van der Waals surface area (Å²) in [4.78, 5) is 9.77. The van der Waals surface area contributed by atoms with Crippen LogP contribution in [-0.2, 0) is 5.41 Å². The van der Waals surface area contributed by atoms with Crippen molar-refractivity contribution in [2.75, 3.05) is 11.9 Å². The Morgan fingerprint density at radius 3 is 2.45 bits per heavy atom. The van der Waals surface area contributed by atoms with Gasteiger partial charge in [-0.15, -0.1) is 0 Å². The van der Waals surface area contributed by atoms with Gasteiger partial charge in [0.15, 0.2) is 0 Å². The van der Waals surface area contributed by atoms with E-state index in [0.717, 1.165) is 24.1 Å². The van der Waals surface area contributed by atoms with Gasteiger partial charge in [0.25, 0.3) is 0 Å². The standard InChI is InChI=1S/C16H26IN3/c1-6-18-15-12(17)13(16(3,4)5)19-14(20-15)11-8-7-10(2)9-11/h10-11H,6-9H2,1-5H3,(H,18,19,20). The van der Waals surface area contributed by atoms with Crippen molar-refractivity contribution in [2.24, 2.45) is 5.92 Å². The fourth-order valence-corrected chi connectivity index (χ4v) is 4.11. The number of nitrogens with zero attached hydrogens (tertiary/aromatic N) is 2. The lowest BCUT2D eigenvalue weighted by molar-refractivity contribution is 0.542. The van der Waals surface area contributed by atoms with Crippen molar-refractivity contribution in [3.05, 3.63) is 15.1 Å². The summed E-state index contributed by atoms with van der Waals surface area (Å²) >= 11 is 2.39. The molecule has 1 heterocycles. The normalized spacial score (nSPS) is 23.1. The third-order valence-corrected chi connectivity index (χ3v) is 5.00. The van der Waals surface area contributed by atoms with Crippen LogP contribution in [0.3, 0.4) is 0 Å². The van der Waals surface area contributed by atoms with Crippen LogP contribution in [0, 0.1) is 9.49 Å². The van der Waals surface area contributed by atoms with Crippen molar-refractivity contribution in [3.63, 3.8) is 0 Å². The zero-order valence-corrected chi connectivity index (χ0v) is 15.4. The Kier molecular flexibility index (Phi) is 4.92. The smallest absolute Gasteiger partial charge is 0.143 e. The molecule has 2 unspecified atom stereocenters. The van der Waals surface area contributed by atoms with E-state index in [2.05, 4.69) is 62.5 Å². The second kappa shape index (κ2) is 6.16. The molecule has 1 aromatic rings. The lowest BCUT2D eigenvalue weighted by atomic mass is 9.91. The summed E-state index contributed by atoms with van der Waals surface area (Å²) in [5.74, 6) is 3.42. The maximum atomic E-state index is 4.94. The Morgan fingerprint density at radius 2 is 1.95 bits per heavy atom. The lowest BCUT2D eigenvalue weighted by Gasteiger charge is -2.23. The maximum Gasteiger partial charge on any atom is 0.143 e. The Bertz CT molecular complexity index is 479. The van der Waals surface area contributed by atoms with Gasteiger partial charge in [0, 0.05) is 17.9 Å². The van der Waals surface area contributed by atoms with Gasteiger partial charge in [0.2, 0.25) is 0 Å². The fourth-order valence-electron chi connectivity index (χ4n) is 2.87. The number of anilines is 1. The highest BCUT2D eigenvalue weighted by molar-refractivity contribution is 14.1. The second-order valence-corrected chi connectivity index (χ2v) is 8.07. The first kappa shape index (κ1) is 16.0. The van der Waals surface area contributed by atoms with Crippen LogP contribution in [0.4, 0.5) is 5.82 Å². The molecule has 0 radical (unpaired) electrons. The largest absolute Gasteiger partial charge is 0.369 e. The molecule has 1 saturated carbocycles. The highest BCUT2D eigenvalue weighted by Gasteiger charge is 2.29. The molecule has 0 aromatic carbocycles. The summed E-state index contributed by atoms with van der Waals surface area (Å²) in [5, 5.41) is 3.40. The third-order valence-electron chi connectivity index (χ3n) is 3.98. The SMILES string of the molecule is CCNc1nc(C2CCC(C)C2)nc(C(C)(C)C)c1I. The van der Waals surface area contributed by atoms with Crippen LogP contribution < -0.4 is 5.32 Å². The maximum absolute atomic E-state index is 4.94. The Hall–Kier alpha value is -0.390. The highest BCUT2D eigenvalue weighted by Crippen LogP contribution is 2.38. The molecule has 1 aliphatic rings. The van der Waals surface area contributed by atoms with Crippen LogP contribution in [0.5, 0.6) is 0 Å². The molecule has 3 nitrogen and oxygen atoms in total. The molecule has 0 bridgehead atoms. The summed E-state index contributed by atoms with van der Waals surface area (Å²) in [6.07, 6.45) is 3.77. The van der Waals surface area contributed by atoms with E-state index >= 15 is 0 Å². The first-order chi connectivity index (χ1) is 9.32. The summed E-state index contributed by atoms with van der Waals surface area (Å²) in [6, 6.07) is 0. The molecule has 20 heavy (non-hydrogen) atoms. The van der Waals surface area contributed by atoms with Crippen LogP contribution in [0.1, 0.15) is 71.3 Å². The zero-order chi connectivity index (χ0) is 14.9. The number of halogens is 1. The molecule has 2 rings (SSSR count). The van der Waals surface area contributed by atoms with Crippen LogP contribution in [0.2, 0.25) is 0 Å². The van der Waals surface area contributed by atoms with Crippen LogP contribution in [-0.4, -0.2) is 16.5 Å². The molecule has 0 amide bonds. The van der Waals surface area contributed by atoms with Gasteiger partial charge < -0.3 is 5.32 Å². The van der Waals surface area contributed by atoms with Crippen molar-refractivity contribution < 1.29 is 0 Å². The van der Waals surface area contributed by atoms with Crippen molar-refractivity contribution in [3.8, 4) is 0 Å². The summed E-state index contributed by atoms with van der Waals surface area (Å²) in [6.45, 7) is 12.0. The number of hydrogen-bond acceptors (Lipinski definition) is 3. The van der Waals surface area contributed by atoms with Crippen LogP contribution in [0.15, 0.2) is 0 Å². The topological polar surface area (TPSA) is 37.8 Å². The van der Waals surface area contributed by atoms with Gasteiger partial charge in [-0.3, -0.25) is 0 Å². The van der Waals surface area contributed by atoms with Crippen molar-refractivity contribution >= 4 is 28.4 Å². The average Bonchev–Trinajstić information content (AvgIpc) is 2.77. The summed E-state index contributed by atoms with van der Waals surface area (Å²) in [7, 11) is 0. The molecule has 2 atom stereocenters. The molecule has 4 heteroatoms. The Balaban J connectivity index is 2.44. The number of nitrogens with one attached hydrogen (secondary N) is 1. The number of aromatic nitrogens is 2. The summed E-state index contributed by atoms with van der Waals surface area (Å²) < 4.78 is 1.17. The first-order valence-electron chi connectivity index (χ1n) is 7.64. The molecular formula is C16H26IN3. The second-order valence-electron chi connectivity index (χ2n) is 6.99. The molecule has 1 fully saturated rings. The molecule has 0 saturated heterocycles. The van der Waals surface area contributed by atoms with Crippen molar-refractivity contribution in [1.82, 2.24) is 9.97 Å². The molecule has 0 spiro atoms. The Labute approximate surface area is 136 Å². The predicted octanol–water partition coefficient (Wildman–Crippen LogP) is 4.71. The van der Waals surface area contributed by atoms with E-state index in [-0.39, 0.29) is 5.41 Å². The number of hydrogen-bond donors (Lipinski definition) is 1. The average molecular weight is 387 g/mol. The van der Waals surface area contributed by atoms with Crippen LogP contribution in [0.25, 0.3) is 0 Å². The molecule has 1 aliphatic carbocycles. The molecular weight excluding hydrogens is 361 g/mol. The van der Waals surface area contributed by atoms with Crippen LogP contribution >= 0.6 is 22.6 Å².